The van der Waals surface area contributed by atoms with Crippen LogP contribution in [-0.2, 0) is 11.3 Å². The number of carbonyl (C=O) groups excluding carboxylic acids is 1. The summed E-state index contributed by atoms with van der Waals surface area (Å²) in [6.07, 6.45) is 6.16. The maximum absolute atomic E-state index is 13.4. The highest BCUT2D eigenvalue weighted by Crippen LogP contribution is 2.35. The Morgan fingerprint density at radius 2 is 1.79 bits per heavy atom. The van der Waals surface area contributed by atoms with Gasteiger partial charge in [-0.2, -0.15) is 0 Å². The van der Waals surface area contributed by atoms with Crippen LogP contribution in [0.25, 0.3) is 0 Å². The molecule has 0 aliphatic heterocycles. The number of hydrogen-bond donors (Lipinski definition) is 0. The topological polar surface area (TPSA) is 33.2 Å². The molecule has 0 bridgehead atoms. The van der Waals surface area contributed by atoms with Gasteiger partial charge in [0.25, 0.3) is 0 Å². The summed E-state index contributed by atoms with van der Waals surface area (Å²) in [5, 5.41) is 0.703. The third-order valence-electron chi connectivity index (χ3n) is 5.25. The Kier molecular flexibility index (Phi) is 5.73. The van der Waals surface area contributed by atoms with Crippen LogP contribution in [-0.4, -0.2) is 21.8 Å². The highest BCUT2D eigenvalue weighted by molar-refractivity contribution is 6.31. The Bertz CT molecular complexity index is 926. The molecule has 3 aromatic rings. The van der Waals surface area contributed by atoms with Gasteiger partial charge in [0.2, 0.25) is 5.91 Å². The van der Waals surface area contributed by atoms with Gasteiger partial charge in [-0.25, -0.2) is 0 Å². The lowest BCUT2D eigenvalue weighted by atomic mass is 9.88. The average molecular weight is 391 g/mol. The van der Waals surface area contributed by atoms with Gasteiger partial charge in [-0.3, -0.25) is 9.78 Å². The van der Waals surface area contributed by atoms with E-state index in [2.05, 4.69) is 17.1 Å². The highest BCUT2D eigenvalue weighted by atomic mass is 35.5. The van der Waals surface area contributed by atoms with Gasteiger partial charge in [0.05, 0.1) is 0 Å². The van der Waals surface area contributed by atoms with Crippen molar-refractivity contribution in [3.05, 3.63) is 101 Å². The van der Waals surface area contributed by atoms with E-state index in [1.54, 1.807) is 6.20 Å². The number of amides is 1. The predicted octanol–water partition coefficient (Wildman–Crippen LogP) is 5.45. The van der Waals surface area contributed by atoms with E-state index in [0.717, 1.165) is 29.5 Å². The fraction of sp³-hybridized carbons (Fsp3) is 0.250. The number of aromatic nitrogens is 1. The summed E-state index contributed by atoms with van der Waals surface area (Å²) in [4.78, 5) is 19.6. The van der Waals surface area contributed by atoms with E-state index in [1.165, 1.54) is 0 Å². The predicted molar refractivity (Wildman–Crippen MR) is 112 cm³/mol. The van der Waals surface area contributed by atoms with Gasteiger partial charge >= 0.3 is 0 Å². The molecule has 1 atom stereocenters. The van der Waals surface area contributed by atoms with E-state index >= 15 is 0 Å². The average Bonchev–Trinajstić information content (AvgIpc) is 3.57. The fourth-order valence-electron chi connectivity index (χ4n) is 3.64. The van der Waals surface area contributed by atoms with Gasteiger partial charge in [-0.1, -0.05) is 66.2 Å². The number of nitrogens with zero attached hydrogens (tertiary/aromatic N) is 2. The first-order valence-electron chi connectivity index (χ1n) is 9.70. The van der Waals surface area contributed by atoms with Crippen LogP contribution >= 0.6 is 11.6 Å². The minimum absolute atomic E-state index is 0.0578. The molecule has 0 saturated heterocycles. The van der Waals surface area contributed by atoms with Crippen molar-refractivity contribution in [3.8, 4) is 0 Å². The molecule has 3 nitrogen and oxygen atoms in total. The Balaban J connectivity index is 1.60. The summed E-state index contributed by atoms with van der Waals surface area (Å²) in [6.45, 7) is 0.612. The van der Waals surface area contributed by atoms with Crippen LogP contribution in [0.15, 0.2) is 79.1 Å². The Morgan fingerprint density at radius 1 is 1.04 bits per heavy atom. The minimum Gasteiger partial charge on any atom is -0.335 e. The summed E-state index contributed by atoms with van der Waals surface area (Å²) in [6, 6.07) is 22.3. The van der Waals surface area contributed by atoms with Crippen molar-refractivity contribution in [3.63, 3.8) is 0 Å². The number of hydrogen-bond acceptors (Lipinski definition) is 2. The van der Waals surface area contributed by atoms with Crippen molar-refractivity contribution < 1.29 is 4.79 Å². The molecule has 28 heavy (non-hydrogen) atoms. The first kappa shape index (κ1) is 18.7. The number of halogens is 1. The van der Waals surface area contributed by atoms with Gasteiger partial charge in [0.1, 0.15) is 0 Å². The van der Waals surface area contributed by atoms with E-state index in [4.69, 9.17) is 11.6 Å². The van der Waals surface area contributed by atoms with Gasteiger partial charge in [0.15, 0.2) is 0 Å². The van der Waals surface area contributed by atoms with Crippen LogP contribution in [0.4, 0.5) is 0 Å². The van der Waals surface area contributed by atoms with Crippen molar-refractivity contribution >= 4 is 17.5 Å². The third kappa shape index (κ3) is 4.42. The van der Waals surface area contributed by atoms with Crippen LogP contribution in [0.1, 0.15) is 41.9 Å². The summed E-state index contributed by atoms with van der Waals surface area (Å²) in [5.41, 5.74) is 3.18. The van der Waals surface area contributed by atoms with Gasteiger partial charge < -0.3 is 4.90 Å². The van der Waals surface area contributed by atoms with E-state index in [0.29, 0.717) is 24.0 Å². The summed E-state index contributed by atoms with van der Waals surface area (Å²) in [7, 11) is 0. The van der Waals surface area contributed by atoms with Gasteiger partial charge in [-0.15, -0.1) is 0 Å². The monoisotopic (exact) mass is 390 g/mol. The first-order valence-corrected chi connectivity index (χ1v) is 10.1. The lowest BCUT2D eigenvalue weighted by Gasteiger charge is -2.26. The molecule has 1 saturated carbocycles. The molecule has 1 fully saturated rings. The van der Waals surface area contributed by atoms with E-state index < -0.39 is 0 Å². The van der Waals surface area contributed by atoms with Crippen molar-refractivity contribution in [2.75, 3.05) is 0 Å². The van der Waals surface area contributed by atoms with Crippen LogP contribution in [0.2, 0.25) is 5.02 Å². The maximum Gasteiger partial charge on any atom is 0.224 e. The molecule has 4 heteroatoms. The maximum atomic E-state index is 13.4. The Labute approximate surface area is 171 Å². The zero-order valence-electron chi connectivity index (χ0n) is 15.7. The third-order valence-corrected chi connectivity index (χ3v) is 5.59. The molecule has 1 amide bonds. The molecule has 0 unspecified atom stereocenters. The van der Waals surface area contributed by atoms with Crippen LogP contribution < -0.4 is 0 Å². The van der Waals surface area contributed by atoms with Crippen LogP contribution in [0.5, 0.6) is 0 Å². The number of benzene rings is 2. The standard InChI is InChI=1S/C24H23ClN2O/c25-23-11-5-4-10-21(23)22(19-8-2-1-3-9-19)15-24(28)27(20-12-13-20)17-18-7-6-14-26-16-18/h1-11,14,16,20,22H,12-13,15,17H2/t22-/m1/s1. The van der Waals surface area contributed by atoms with Crippen LogP contribution in [0, 0.1) is 0 Å². The molecule has 1 aliphatic carbocycles. The first-order chi connectivity index (χ1) is 13.7. The second-order valence-corrected chi connectivity index (χ2v) is 7.71. The van der Waals surface area contributed by atoms with Crippen molar-refractivity contribution in [2.45, 2.75) is 37.8 Å². The van der Waals surface area contributed by atoms with Gasteiger partial charge in [-0.05, 0) is 41.7 Å². The van der Waals surface area contributed by atoms with Crippen molar-refractivity contribution in [2.24, 2.45) is 0 Å². The molecule has 2 aromatic carbocycles. The highest BCUT2D eigenvalue weighted by Gasteiger charge is 2.34. The molecule has 0 radical (unpaired) electrons. The van der Waals surface area contributed by atoms with Gasteiger partial charge in [0, 0.05) is 42.3 Å². The summed E-state index contributed by atoms with van der Waals surface area (Å²) >= 11 is 6.50. The summed E-state index contributed by atoms with van der Waals surface area (Å²) in [5.74, 6) is 0.109. The molecule has 142 valence electrons. The second kappa shape index (κ2) is 8.57. The minimum atomic E-state index is -0.0578. The number of pyridine rings is 1. The molecule has 1 heterocycles. The SMILES string of the molecule is O=C(C[C@H](c1ccccc1)c1ccccc1Cl)N(Cc1cccnc1)C1CC1. The quantitative estimate of drug-likeness (QED) is 0.537. The van der Waals surface area contributed by atoms with E-state index in [9.17, 15) is 4.79 Å². The smallest absolute Gasteiger partial charge is 0.224 e. The van der Waals surface area contributed by atoms with Crippen molar-refractivity contribution in [1.29, 1.82) is 0 Å². The summed E-state index contributed by atoms with van der Waals surface area (Å²) < 4.78 is 0. The lowest BCUT2D eigenvalue weighted by molar-refractivity contribution is -0.132. The molecule has 1 aliphatic rings. The lowest BCUT2D eigenvalue weighted by Crippen LogP contribution is -2.33. The Morgan fingerprint density at radius 3 is 2.46 bits per heavy atom. The largest absolute Gasteiger partial charge is 0.335 e. The fourth-order valence-corrected chi connectivity index (χ4v) is 3.91. The second-order valence-electron chi connectivity index (χ2n) is 7.30. The Hall–Kier alpha value is -2.65. The molecule has 0 spiro atoms. The molecule has 4 rings (SSSR count). The van der Waals surface area contributed by atoms with Crippen LogP contribution in [0.3, 0.4) is 0 Å². The molecular weight excluding hydrogens is 368 g/mol. The number of rotatable bonds is 7. The van der Waals surface area contributed by atoms with E-state index in [1.807, 2.05) is 65.7 Å². The number of carbonyl (C=O) groups is 1. The zero-order valence-corrected chi connectivity index (χ0v) is 16.4. The molecular formula is C24H23ClN2O. The van der Waals surface area contributed by atoms with E-state index in [-0.39, 0.29) is 11.8 Å². The zero-order chi connectivity index (χ0) is 19.3. The molecule has 0 N–H and O–H groups in total. The molecule has 1 aromatic heterocycles. The normalized spacial score (nSPS) is 14.5. The van der Waals surface area contributed by atoms with Crippen molar-refractivity contribution in [1.82, 2.24) is 9.88 Å².